The average Bonchev–Trinajstić information content (AvgIpc) is 3.10. The second kappa shape index (κ2) is 5.10. The second-order valence-corrected chi connectivity index (χ2v) is 5.00. The SMILES string of the molecule is COc1cc(N)c(Cl)cc1-c1nc(-c2cscn2)no1. The number of methoxy groups -OCH3 is 1. The highest BCUT2D eigenvalue weighted by atomic mass is 35.5. The van der Waals surface area contributed by atoms with Gasteiger partial charge in [0.1, 0.15) is 11.4 Å². The number of hydrogen-bond acceptors (Lipinski definition) is 7. The number of aromatic nitrogens is 3. The van der Waals surface area contributed by atoms with E-state index >= 15 is 0 Å². The average molecular weight is 309 g/mol. The number of benzene rings is 1. The molecule has 3 aromatic rings. The minimum atomic E-state index is 0.298. The van der Waals surface area contributed by atoms with Crippen LogP contribution in [0.15, 0.2) is 27.5 Å². The standard InChI is InChI=1S/C12H9ClN4O2S/c1-18-10-3-8(14)7(13)2-6(10)12-16-11(17-19-12)9-4-20-5-15-9/h2-5H,14H2,1H3. The number of anilines is 1. The molecule has 2 N–H and O–H groups in total. The quantitative estimate of drug-likeness (QED) is 0.748. The summed E-state index contributed by atoms with van der Waals surface area (Å²) in [6, 6.07) is 3.25. The van der Waals surface area contributed by atoms with Crippen molar-refractivity contribution in [2.75, 3.05) is 12.8 Å². The van der Waals surface area contributed by atoms with E-state index in [4.69, 9.17) is 26.6 Å². The van der Waals surface area contributed by atoms with Gasteiger partial charge in [-0.25, -0.2) is 4.98 Å². The molecule has 1 aromatic carbocycles. The molecule has 3 rings (SSSR count). The van der Waals surface area contributed by atoms with Crippen LogP contribution in [0.4, 0.5) is 5.69 Å². The molecule has 20 heavy (non-hydrogen) atoms. The number of rotatable bonds is 3. The fourth-order valence-electron chi connectivity index (χ4n) is 1.67. The third kappa shape index (κ3) is 2.21. The Morgan fingerprint density at radius 3 is 2.95 bits per heavy atom. The zero-order chi connectivity index (χ0) is 14.1. The van der Waals surface area contributed by atoms with Gasteiger partial charge in [-0.1, -0.05) is 16.8 Å². The summed E-state index contributed by atoms with van der Waals surface area (Å²) in [5, 5.41) is 6.12. The summed E-state index contributed by atoms with van der Waals surface area (Å²) in [6.45, 7) is 0. The lowest BCUT2D eigenvalue weighted by atomic mass is 10.2. The topological polar surface area (TPSA) is 87.1 Å². The second-order valence-electron chi connectivity index (χ2n) is 3.87. The van der Waals surface area contributed by atoms with Crippen LogP contribution < -0.4 is 10.5 Å². The summed E-state index contributed by atoms with van der Waals surface area (Å²) in [4.78, 5) is 8.41. The number of nitrogens with two attached hydrogens (primary N) is 1. The van der Waals surface area contributed by atoms with Crippen molar-refractivity contribution in [2.45, 2.75) is 0 Å². The molecule has 0 atom stereocenters. The summed E-state index contributed by atoms with van der Waals surface area (Å²) in [5.74, 6) is 1.23. The van der Waals surface area contributed by atoms with E-state index in [0.29, 0.717) is 39.4 Å². The highest BCUT2D eigenvalue weighted by molar-refractivity contribution is 7.07. The Balaban J connectivity index is 2.07. The van der Waals surface area contributed by atoms with Crippen LogP contribution in [0.5, 0.6) is 5.75 Å². The first kappa shape index (κ1) is 12.9. The van der Waals surface area contributed by atoms with Crippen molar-refractivity contribution in [3.8, 4) is 28.7 Å². The number of ether oxygens (including phenoxy) is 1. The Bertz CT molecular complexity index is 742. The molecule has 0 saturated carbocycles. The minimum Gasteiger partial charge on any atom is -0.496 e. The third-order valence-corrected chi connectivity index (χ3v) is 3.55. The normalized spacial score (nSPS) is 10.7. The molecule has 0 amide bonds. The molecule has 2 heterocycles. The number of halogens is 1. The van der Waals surface area contributed by atoms with E-state index in [9.17, 15) is 0 Å². The van der Waals surface area contributed by atoms with Crippen molar-refractivity contribution in [1.82, 2.24) is 15.1 Å². The van der Waals surface area contributed by atoms with Crippen molar-refractivity contribution >= 4 is 28.6 Å². The van der Waals surface area contributed by atoms with E-state index in [2.05, 4.69) is 15.1 Å². The van der Waals surface area contributed by atoms with Gasteiger partial charge in [0.15, 0.2) is 0 Å². The van der Waals surface area contributed by atoms with Gasteiger partial charge in [-0.15, -0.1) is 11.3 Å². The molecule has 8 heteroatoms. The summed E-state index contributed by atoms with van der Waals surface area (Å²) in [6.07, 6.45) is 0. The van der Waals surface area contributed by atoms with Crippen molar-refractivity contribution in [3.63, 3.8) is 0 Å². The smallest absolute Gasteiger partial charge is 0.262 e. The van der Waals surface area contributed by atoms with Gasteiger partial charge < -0.3 is 15.0 Å². The molecular formula is C12H9ClN4O2S. The lowest BCUT2D eigenvalue weighted by Gasteiger charge is -2.07. The van der Waals surface area contributed by atoms with Gasteiger partial charge in [0.2, 0.25) is 5.82 Å². The number of nitrogen functional groups attached to an aromatic ring is 1. The van der Waals surface area contributed by atoms with Gasteiger partial charge in [-0.05, 0) is 6.07 Å². The van der Waals surface area contributed by atoms with Crippen LogP contribution in [0.25, 0.3) is 23.0 Å². The largest absolute Gasteiger partial charge is 0.496 e. The monoisotopic (exact) mass is 308 g/mol. The number of hydrogen-bond donors (Lipinski definition) is 1. The lowest BCUT2D eigenvalue weighted by Crippen LogP contribution is -1.93. The van der Waals surface area contributed by atoms with Crippen LogP contribution in [0.3, 0.4) is 0 Å². The molecule has 2 aromatic heterocycles. The Kier molecular flexibility index (Phi) is 3.29. The van der Waals surface area contributed by atoms with E-state index in [-0.39, 0.29) is 0 Å². The molecule has 6 nitrogen and oxygen atoms in total. The maximum absolute atomic E-state index is 6.02. The molecule has 0 aliphatic heterocycles. The first-order chi connectivity index (χ1) is 9.69. The van der Waals surface area contributed by atoms with Crippen molar-refractivity contribution in [2.24, 2.45) is 0 Å². The van der Waals surface area contributed by atoms with E-state index in [1.54, 1.807) is 17.6 Å². The van der Waals surface area contributed by atoms with E-state index in [0.717, 1.165) is 0 Å². The van der Waals surface area contributed by atoms with E-state index in [1.807, 2.05) is 5.38 Å². The fraction of sp³-hybridized carbons (Fsp3) is 0.0833. The molecule has 102 valence electrons. The fourth-order valence-corrected chi connectivity index (χ4v) is 2.36. The predicted octanol–water partition coefficient (Wildman–Crippen LogP) is 3.10. The Morgan fingerprint density at radius 2 is 2.25 bits per heavy atom. The first-order valence-corrected chi connectivity index (χ1v) is 6.86. The summed E-state index contributed by atoms with van der Waals surface area (Å²) in [5.41, 5.74) is 9.10. The van der Waals surface area contributed by atoms with Gasteiger partial charge in [-0.2, -0.15) is 4.98 Å². The van der Waals surface area contributed by atoms with Crippen LogP contribution >= 0.6 is 22.9 Å². The maximum atomic E-state index is 6.02. The van der Waals surface area contributed by atoms with Crippen LogP contribution in [0, 0.1) is 0 Å². The highest BCUT2D eigenvalue weighted by Crippen LogP contribution is 2.35. The van der Waals surface area contributed by atoms with Crippen LogP contribution in [-0.4, -0.2) is 22.2 Å². The number of nitrogens with zero attached hydrogens (tertiary/aromatic N) is 3. The molecule has 0 unspecified atom stereocenters. The summed E-state index contributed by atoms with van der Waals surface area (Å²) in [7, 11) is 1.53. The molecule has 0 saturated heterocycles. The summed E-state index contributed by atoms with van der Waals surface area (Å²) < 4.78 is 10.5. The van der Waals surface area contributed by atoms with Gasteiger partial charge >= 0.3 is 0 Å². The third-order valence-electron chi connectivity index (χ3n) is 2.64. The highest BCUT2D eigenvalue weighted by Gasteiger charge is 2.17. The molecular weight excluding hydrogens is 300 g/mol. The molecule has 0 bridgehead atoms. The zero-order valence-electron chi connectivity index (χ0n) is 10.3. The lowest BCUT2D eigenvalue weighted by molar-refractivity contribution is 0.405. The van der Waals surface area contributed by atoms with Gasteiger partial charge in [0.05, 0.1) is 28.9 Å². The van der Waals surface area contributed by atoms with Gasteiger partial charge in [-0.3, -0.25) is 0 Å². The van der Waals surface area contributed by atoms with Crippen molar-refractivity contribution < 1.29 is 9.26 Å². The van der Waals surface area contributed by atoms with Crippen molar-refractivity contribution in [1.29, 1.82) is 0 Å². The maximum Gasteiger partial charge on any atom is 0.262 e. The first-order valence-electron chi connectivity index (χ1n) is 5.54. The summed E-state index contributed by atoms with van der Waals surface area (Å²) >= 11 is 7.47. The van der Waals surface area contributed by atoms with Crippen molar-refractivity contribution in [3.05, 3.63) is 28.0 Å². The van der Waals surface area contributed by atoms with Gasteiger partial charge in [0, 0.05) is 11.4 Å². The molecule has 0 aliphatic rings. The molecule has 0 radical (unpaired) electrons. The van der Waals surface area contributed by atoms with Crippen LogP contribution in [0.2, 0.25) is 5.02 Å². The predicted molar refractivity (Wildman–Crippen MR) is 76.8 cm³/mol. The Hall–Kier alpha value is -2.12. The van der Waals surface area contributed by atoms with Gasteiger partial charge in [0.25, 0.3) is 5.89 Å². The zero-order valence-corrected chi connectivity index (χ0v) is 11.9. The Morgan fingerprint density at radius 1 is 1.40 bits per heavy atom. The minimum absolute atomic E-state index is 0.298. The van der Waals surface area contributed by atoms with E-state index < -0.39 is 0 Å². The number of thiazole rings is 1. The van der Waals surface area contributed by atoms with Crippen LogP contribution in [0.1, 0.15) is 0 Å². The molecule has 0 aliphatic carbocycles. The molecule has 0 spiro atoms. The van der Waals surface area contributed by atoms with E-state index in [1.165, 1.54) is 18.4 Å². The Labute approximate surface area is 123 Å². The van der Waals surface area contributed by atoms with Crippen LogP contribution in [-0.2, 0) is 0 Å². The molecule has 0 fully saturated rings.